The zero-order valence-corrected chi connectivity index (χ0v) is 12.7. The molecule has 1 amide bonds. The Balaban J connectivity index is 1.91. The number of hydrogen-bond acceptors (Lipinski definition) is 5. The van der Waals surface area contributed by atoms with Crippen LogP contribution < -0.4 is 5.32 Å². The van der Waals surface area contributed by atoms with Crippen molar-refractivity contribution in [2.45, 2.75) is 25.9 Å². The van der Waals surface area contributed by atoms with Gasteiger partial charge in [0, 0.05) is 6.20 Å². The number of aryl methyl sites for hydroxylation is 1. The molecule has 0 aliphatic rings. The molecule has 0 saturated carbocycles. The van der Waals surface area contributed by atoms with Crippen molar-refractivity contribution in [3.63, 3.8) is 0 Å². The number of aromatic nitrogens is 4. The largest absolute Gasteiger partial charge is 0.481 e. The van der Waals surface area contributed by atoms with E-state index in [9.17, 15) is 22.8 Å². The van der Waals surface area contributed by atoms with Crippen molar-refractivity contribution >= 4 is 17.6 Å². The van der Waals surface area contributed by atoms with E-state index >= 15 is 0 Å². The standard InChI is InChI=1S/C13H14F3N5O4/c14-13(15,16)7-25-8-20-6-9(5-18-20)19-12(24)10-1-3-17-21(10)4-2-11(22)23/h1,3,5-6H,2,4,7-8H2,(H,19,24)(H,22,23). The quantitative estimate of drug-likeness (QED) is 0.734. The van der Waals surface area contributed by atoms with Crippen molar-refractivity contribution in [1.29, 1.82) is 0 Å². The zero-order valence-electron chi connectivity index (χ0n) is 12.7. The van der Waals surface area contributed by atoms with Crippen molar-refractivity contribution < 1.29 is 32.6 Å². The van der Waals surface area contributed by atoms with E-state index in [1.165, 1.54) is 29.3 Å². The number of nitrogens with one attached hydrogen (secondary N) is 1. The Morgan fingerprint density at radius 1 is 1.32 bits per heavy atom. The summed E-state index contributed by atoms with van der Waals surface area (Å²) in [6.07, 6.45) is -0.737. The van der Waals surface area contributed by atoms with Crippen molar-refractivity contribution in [1.82, 2.24) is 19.6 Å². The van der Waals surface area contributed by atoms with Gasteiger partial charge in [0.2, 0.25) is 0 Å². The highest BCUT2D eigenvalue weighted by Gasteiger charge is 2.27. The first-order valence-electron chi connectivity index (χ1n) is 6.96. The third-order valence-electron chi connectivity index (χ3n) is 2.87. The summed E-state index contributed by atoms with van der Waals surface area (Å²) < 4.78 is 42.7. The van der Waals surface area contributed by atoms with Crippen LogP contribution in [-0.4, -0.2) is 49.3 Å². The van der Waals surface area contributed by atoms with Crippen LogP contribution in [0.5, 0.6) is 0 Å². The molecule has 2 aromatic rings. The lowest BCUT2D eigenvalue weighted by molar-refractivity contribution is -0.182. The average molecular weight is 361 g/mol. The molecule has 2 aromatic heterocycles. The monoisotopic (exact) mass is 361 g/mol. The molecule has 2 N–H and O–H groups in total. The molecule has 0 radical (unpaired) electrons. The van der Waals surface area contributed by atoms with Gasteiger partial charge in [0.15, 0.2) is 0 Å². The number of alkyl halides is 3. The van der Waals surface area contributed by atoms with Gasteiger partial charge in [0.05, 0.1) is 31.0 Å². The van der Waals surface area contributed by atoms with Crippen LogP contribution in [0, 0.1) is 0 Å². The summed E-state index contributed by atoms with van der Waals surface area (Å²) in [5.74, 6) is -1.58. The fourth-order valence-electron chi connectivity index (χ4n) is 1.85. The summed E-state index contributed by atoms with van der Waals surface area (Å²) >= 11 is 0. The Labute approximate surface area is 139 Å². The molecule has 0 aliphatic carbocycles. The van der Waals surface area contributed by atoms with Crippen molar-refractivity contribution in [2.24, 2.45) is 0 Å². The molecule has 0 atom stereocenters. The Morgan fingerprint density at radius 2 is 2.08 bits per heavy atom. The van der Waals surface area contributed by atoms with E-state index in [0.717, 1.165) is 4.68 Å². The topological polar surface area (TPSA) is 111 Å². The summed E-state index contributed by atoms with van der Waals surface area (Å²) in [6.45, 7) is -1.81. The summed E-state index contributed by atoms with van der Waals surface area (Å²) in [4.78, 5) is 22.7. The fourth-order valence-corrected chi connectivity index (χ4v) is 1.85. The van der Waals surface area contributed by atoms with Gasteiger partial charge in [-0.25, -0.2) is 4.68 Å². The number of amides is 1. The first kappa shape index (κ1) is 18.4. The van der Waals surface area contributed by atoms with Crippen LogP contribution in [0.1, 0.15) is 16.9 Å². The molecule has 0 aromatic carbocycles. The summed E-state index contributed by atoms with van der Waals surface area (Å²) in [5.41, 5.74) is 0.383. The molecule has 0 unspecified atom stereocenters. The molecule has 0 fully saturated rings. The number of carbonyl (C=O) groups excluding carboxylic acids is 1. The van der Waals surface area contributed by atoms with Crippen molar-refractivity contribution in [2.75, 3.05) is 11.9 Å². The Morgan fingerprint density at radius 3 is 2.76 bits per heavy atom. The Kier molecular flexibility index (Phi) is 5.75. The number of carbonyl (C=O) groups is 2. The maximum Gasteiger partial charge on any atom is 0.411 e. The summed E-state index contributed by atoms with van der Waals surface area (Å²) in [6, 6.07) is 1.41. The third kappa shape index (κ3) is 5.91. The van der Waals surface area contributed by atoms with Crippen LogP contribution >= 0.6 is 0 Å². The van der Waals surface area contributed by atoms with Gasteiger partial charge in [0.25, 0.3) is 5.91 Å². The molecule has 9 nitrogen and oxygen atoms in total. The molecule has 0 bridgehead atoms. The van der Waals surface area contributed by atoms with Crippen LogP contribution in [-0.2, 0) is 22.8 Å². The van der Waals surface area contributed by atoms with Gasteiger partial charge in [-0.1, -0.05) is 0 Å². The maximum atomic E-state index is 12.2. The van der Waals surface area contributed by atoms with Gasteiger partial charge in [-0.05, 0) is 6.07 Å². The number of rotatable bonds is 8. The van der Waals surface area contributed by atoms with E-state index in [1.807, 2.05) is 0 Å². The second-order valence-electron chi connectivity index (χ2n) is 4.90. The zero-order chi connectivity index (χ0) is 18.4. The molecule has 0 aliphatic heterocycles. The molecule has 0 spiro atoms. The van der Waals surface area contributed by atoms with E-state index in [2.05, 4.69) is 20.3 Å². The number of carboxylic acids is 1. The van der Waals surface area contributed by atoms with Crippen LogP contribution in [0.3, 0.4) is 0 Å². The molecule has 0 saturated heterocycles. The van der Waals surface area contributed by atoms with Crippen LogP contribution in [0.25, 0.3) is 0 Å². The highest BCUT2D eigenvalue weighted by atomic mass is 19.4. The minimum absolute atomic E-state index is 0.0234. The number of nitrogens with zero attached hydrogens (tertiary/aromatic N) is 4. The molecule has 136 valence electrons. The van der Waals surface area contributed by atoms with Gasteiger partial charge in [-0.2, -0.15) is 23.4 Å². The van der Waals surface area contributed by atoms with Gasteiger partial charge in [-0.3, -0.25) is 14.3 Å². The third-order valence-corrected chi connectivity index (χ3v) is 2.87. The second-order valence-corrected chi connectivity index (χ2v) is 4.90. The second kappa shape index (κ2) is 7.79. The fraction of sp³-hybridized carbons (Fsp3) is 0.385. The van der Waals surface area contributed by atoms with Crippen molar-refractivity contribution in [3.8, 4) is 0 Å². The smallest absolute Gasteiger partial charge is 0.411 e. The predicted molar refractivity (Wildman–Crippen MR) is 76.7 cm³/mol. The highest BCUT2D eigenvalue weighted by molar-refractivity contribution is 6.02. The van der Waals surface area contributed by atoms with Gasteiger partial charge in [-0.15, -0.1) is 0 Å². The first-order chi connectivity index (χ1) is 11.7. The minimum Gasteiger partial charge on any atom is -0.481 e. The van der Waals surface area contributed by atoms with Gasteiger partial charge < -0.3 is 15.2 Å². The molecule has 2 rings (SSSR count). The summed E-state index contributed by atoms with van der Waals surface area (Å²) in [7, 11) is 0. The predicted octanol–water partition coefficient (Wildman–Crippen LogP) is 1.34. The molecular weight excluding hydrogens is 347 g/mol. The Hall–Kier alpha value is -2.89. The van der Waals surface area contributed by atoms with Crippen molar-refractivity contribution in [3.05, 3.63) is 30.4 Å². The molecular formula is C13H14F3N5O4. The number of aliphatic carboxylic acids is 1. The SMILES string of the molecule is O=C(O)CCn1nccc1C(=O)Nc1cnn(COCC(F)(F)F)c1. The number of ether oxygens (including phenoxy) is 1. The molecule has 2 heterocycles. The normalized spacial score (nSPS) is 11.5. The lowest BCUT2D eigenvalue weighted by atomic mass is 10.3. The number of anilines is 1. The van der Waals surface area contributed by atoms with Crippen LogP contribution in [0.2, 0.25) is 0 Å². The number of hydrogen-bond donors (Lipinski definition) is 2. The van der Waals surface area contributed by atoms with E-state index < -0.39 is 31.4 Å². The minimum atomic E-state index is -4.43. The molecule has 12 heteroatoms. The van der Waals surface area contributed by atoms with E-state index in [4.69, 9.17) is 5.11 Å². The Bertz CT molecular complexity index is 740. The maximum absolute atomic E-state index is 12.2. The van der Waals surface area contributed by atoms with Crippen LogP contribution in [0.4, 0.5) is 18.9 Å². The van der Waals surface area contributed by atoms with E-state index in [0.29, 0.717) is 0 Å². The first-order valence-corrected chi connectivity index (χ1v) is 6.96. The van der Waals surface area contributed by atoms with E-state index in [-0.39, 0.29) is 24.3 Å². The van der Waals surface area contributed by atoms with Gasteiger partial charge >= 0.3 is 12.1 Å². The van der Waals surface area contributed by atoms with E-state index in [1.54, 1.807) is 0 Å². The molecule has 25 heavy (non-hydrogen) atoms. The lowest BCUT2D eigenvalue weighted by Gasteiger charge is -2.07. The highest BCUT2D eigenvalue weighted by Crippen LogP contribution is 2.15. The lowest BCUT2D eigenvalue weighted by Crippen LogP contribution is -2.19. The average Bonchev–Trinajstić information content (AvgIpc) is 3.13. The van der Waals surface area contributed by atoms with Crippen LogP contribution in [0.15, 0.2) is 24.7 Å². The number of halogens is 3. The van der Waals surface area contributed by atoms with Gasteiger partial charge in [0.1, 0.15) is 19.0 Å². The number of carboxylic acid groups (broad SMARTS) is 1. The summed E-state index contributed by atoms with van der Waals surface area (Å²) in [5, 5.41) is 18.8.